The van der Waals surface area contributed by atoms with Crippen LogP contribution in [0.1, 0.15) is 24.1 Å². The van der Waals surface area contributed by atoms with Crippen molar-refractivity contribution in [3.05, 3.63) is 84.2 Å². The number of nitrogen functional groups attached to an aromatic ring is 1. The highest BCUT2D eigenvalue weighted by molar-refractivity contribution is 14.1. The van der Waals surface area contributed by atoms with Gasteiger partial charge in [-0.1, -0.05) is 47.2 Å². The third-order valence-corrected chi connectivity index (χ3v) is 6.41. The van der Waals surface area contributed by atoms with Gasteiger partial charge in [-0.15, -0.1) is 0 Å². The number of benzene rings is 2. The minimum absolute atomic E-state index is 0.263. The van der Waals surface area contributed by atoms with Gasteiger partial charge in [0.1, 0.15) is 23.1 Å². The van der Waals surface area contributed by atoms with Crippen LogP contribution in [0.15, 0.2) is 72.9 Å². The zero-order valence-electron chi connectivity index (χ0n) is 18.8. The largest absolute Gasteiger partial charge is 0.457 e. The summed E-state index contributed by atoms with van der Waals surface area (Å²) in [6.45, 7) is 4.15. The van der Waals surface area contributed by atoms with Crippen molar-refractivity contribution in [2.24, 2.45) is 0 Å². The Morgan fingerprint density at radius 3 is 2.47 bits per heavy atom. The number of hydrogen-bond donors (Lipinski definition) is 3. The van der Waals surface area contributed by atoms with E-state index in [0.717, 1.165) is 21.4 Å². The highest BCUT2D eigenvalue weighted by Crippen LogP contribution is 2.26. The highest BCUT2D eigenvalue weighted by Gasteiger charge is 2.16. The molecular formula is C25H25IN6O2. The number of aromatic nitrogens is 3. The number of carbonyl (C=O) groups excluding carboxylic acids is 1. The summed E-state index contributed by atoms with van der Waals surface area (Å²) in [5.74, 6) is 2.45. The molecule has 9 heteroatoms. The number of halogens is 1. The number of rotatable bonds is 7. The fourth-order valence-corrected chi connectivity index (χ4v) is 3.65. The molecule has 34 heavy (non-hydrogen) atoms. The van der Waals surface area contributed by atoms with E-state index in [4.69, 9.17) is 15.6 Å². The van der Waals surface area contributed by atoms with E-state index < -0.39 is 0 Å². The van der Waals surface area contributed by atoms with Crippen molar-refractivity contribution >= 4 is 45.9 Å². The van der Waals surface area contributed by atoms with Crippen LogP contribution in [0.4, 0.5) is 22.1 Å². The lowest BCUT2D eigenvalue weighted by Gasteiger charge is -2.11. The lowest BCUT2D eigenvalue weighted by molar-refractivity contribution is 0.262. The zero-order chi connectivity index (χ0) is 24.1. The molecule has 2 aromatic carbocycles. The summed E-state index contributed by atoms with van der Waals surface area (Å²) in [6, 6.07) is 20.0. The summed E-state index contributed by atoms with van der Waals surface area (Å²) >= 11 is 2.34. The molecule has 4 N–H and O–H groups in total. The van der Waals surface area contributed by atoms with E-state index in [9.17, 15) is 4.79 Å². The van der Waals surface area contributed by atoms with Crippen LogP contribution in [0.25, 0.3) is 5.69 Å². The van der Waals surface area contributed by atoms with E-state index >= 15 is 0 Å². The summed E-state index contributed by atoms with van der Waals surface area (Å²) in [6.07, 6.45) is 1.58. The van der Waals surface area contributed by atoms with Gasteiger partial charge in [0.2, 0.25) is 0 Å². The smallest absolute Gasteiger partial charge is 0.324 e. The zero-order valence-corrected chi connectivity index (χ0v) is 21.0. The predicted octanol–water partition coefficient (Wildman–Crippen LogP) is 6.13. The molecule has 0 bridgehead atoms. The molecule has 2 aromatic heterocycles. The Morgan fingerprint density at radius 2 is 1.79 bits per heavy atom. The Bertz CT molecular complexity index is 1270. The van der Waals surface area contributed by atoms with Gasteiger partial charge in [-0.2, -0.15) is 5.10 Å². The fraction of sp³-hybridized carbons (Fsp3) is 0.160. The molecule has 2 heterocycles. The molecule has 8 nitrogen and oxygen atoms in total. The molecule has 174 valence electrons. The van der Waals surface area contributed by atoms with E-state index in [-0.39, 0.29) is 11.9 Å². The second-order valence-corrected chi connectivity index (χ2v) is 8.76. The number of urea groups is 1. The lowest BCUT2D eigenvalue weighted by atomic mass is 10.1. The molecular weight excluding hydrogens is 543 g/mol. The molecule has 1 unspecified atom stereocenters. The molecule has 2 amide bonds. The van der Waals surface area contributed by atoms with Crippen LogP contribution in [0, 0.1) is 6.92 Å². The first kappa shape index (κ1) is 23.6. The normalized spacial score (nSPS) is 11.6. The molecule has 0 aliphatic heterocycles. The van der Waals surface area contributed by atoms with Crippen LogP contribution in [0.3, 0.4) is 0 Å². The van der Waals surface area contributed by atoms with E-state index in [2.05, 4.69) is 45.1 Å². The van der Waals surface area contributed by atoms with E-state index in [0.29, 0.717) is 28.8 Å². The summed E-state index contributed by atoms with van der Waals surface area (Å²) in [4.78, 5) is 16.7. The summed E-state index contributed by atoms with van der Waals surface area (Å²) in [5, 5.41) is 10.5. The number of nitrogens with zero attached hydrogens (tertiary/aromatic N) is 3. The first-order valence-corrected chi connectivity index (χ1v) is 12.2. The molecule has 0 spiro atoms. The molecule has 0 saturated carbocycles. The van der Waals surface area contributed by atoms with E-state index in [1.807, 2.05) is 37.3 Å². The number of pyridine rings is 1. The van der Waals surface area contributed by atoms with E-state index in [1.165, 1.54) is 0 Å². The van der Waals surface area contributed by atoms with Crippen LogP contribution in [0.2, 0.25) is 0 Å². The SMILES string of the molecule is Cc1ccc(-n2nc(C(C)CI)cc2NC(=O)Nc2ccc(Oc3ccnc(N)c3)cc2)cc1. The molecule has 0 fully saturated rings. The number of hydrogen-bond acceptors (Lipinski definition) is 5. The van der Waals surface area contributed by atoms with Crippen molar-refractivity contribution in [3.8, 4) is 17.2 Å². The topological polar surface area (TPSA) is 107 Å². The van der Waals surface area contributed by atoms with Crippen molar-refractivity contribution in [3.63, 3.8) is 0 Å². The van der Waals surface area contributed by atoms with Gasteiger partial charge in [-0.05, 0) is 49.4 Å². The number of anilines is 3. The van der Waals surface area contributed by atoms with Crippen molar-refractivity contribution in [2.75, 3.05) is 20.8 Å². The van der Waals surface area contributed by atoms with Gasteiger partial charge >= 0.3 is 6.03 Å². The van der Waals surface area contributed by atoms with Gasteiger partial charge in [0.05, 0.1) is 11.4 Å². The second-order valence-electron chi connectivity index (χ2n) is 7.88. The average molecular weight is 568 g/mol. The number of nitrogens with one attached hydrogen (secondary N) is 2. The van der Waals surface area contributed by atoms with Crippen molar-refractivity contribution in [1.29, 1.82) is 0 Å². The Morgan fingerprint density at radius 1 is 1.06 bits per heavy atom. The number of amides is 2. The average Bonchev–Trinajstić information content (AvgIpc) is 3.24. The number of ether oxygens (including phenoxy) is 1. The Hall–Kier alpha value is -3.60. The maximum atomic E-state index is 12.8. The third kappa shape index (κ3) is 5.84. The number of alkyl halides is 1. The third-order valence-electron chi connectivity index (χ3n) is 5.09. The lowest BCUT2D eigenvalue weighted by Crippen LogP contribution is -2.21. The standard InChI is InChI=1S/C25H25IN6O2/c1-16-3-7-19(8-4-16)32-24(14-22(31-32)17(2)15-26)30-25(33)29-18-5-9-20(10-6-18)34-21-11-12-28-23(27)13-21/h3-14,17H,15H2,1-2H3,(H2,27,28)(H2,29,30,33). The van der Waals surface area contributed by atoms with Gasteiger partial charge in [0.15, 0.2) is 0 Å². The van der Waals surface area contributed by atoms with Crippen LogP contribution in [-0.4, -0.2) is 25.2 Å². The summed E-state index contributed by atoms with van der Waals surface area (Å²) in [7, 11) is 0. The second kappa shape index (κ2) is 10.6. The predicted molar refractivity (Wildman–Crippen MR) is 143 cm³/mol. The maximum Gasteiger partial charge on any atom is 0.324 e. The minimum Gasteiger partial charge on any atom is -0.457 e. The summed E-state index contributed by atoms with van der Waals surface area (Å²) in [5.41, 5.74) is 9.27. The van der Waals surface area contributed by atoms with Crippen LogP contribution < -0.4 is 21.1 Å². The fourth-order valence-electron chi connectivity index (χ4n) is 3.20. The van der Waals surface area contributed by atoms with E-state index in [1.54, 1.807) is 47.3 Å². The van der Waals surface area contributed by atoms with Crippen molar-refractivity contribution in [1.82, 2.24) is 14.8 Å². The number of carbonyl (C=O) groups is 1. The van der Waals surface area contributed by atoms with Gasteiger partial charge < -0.3 is 15.8 Å². The number of aryl methyl sites for hydroxylation is 1. The molecule has 0 aliphatic rings. The van der Waals surface area contributed by atoms with Crippen LogP contribution in [-0.2, 0) is 0 Å². The van der Waals surface area contributed by atoms with Gasteiger partial charge in [0.25, 0.3) is 0 Å². The van der Waals surface area contributed by atoms with Crippen molar-refractivity contribution < 1.29 is 9.53 Å². The Labute approximate surface area is 211 Å². The van der Waals surface area contributed by atoms with Gasteiger partial charge in [-0.3, -0.25) is 5.32 Å². The molecule has 4 aromatic rings. The van der Waals surface area contributed by atoms with Crippen molar-refractivity contribution in [2.45, 2.75) is 19.8 Å². The minimum atomic E-state index is -0.363. The quantitative estimate of drug-likeness (QED) is 0.184. The molecule has 0 saturated heterocycles. The molecule has 4 rings (SSSR count). The van der Waals surface area contributed by atoms with Crippen LogP contribution >= 0.6 is 22.6 Å². The summed E-state index contributed by atoms with van der Waals surface area (Å²) < 4.78 is 8.45. The van der Waals surface area contributed by atoms with Gasteiger partial charge in [-0.25, -0.2) is 14.5 Å². The van der Waals surface area contributed by atoms with Crippen LogP contribution in [0.5, 0.6) is 11.5 Å². The maximum absolute atomic E-state index is 12.8. The first-order chi connectivity index (χ1) is 16.4. The first-order valence-electron chi connectivity index (χ1n) is 10.7. The van der Waals surface area contributed by atoms with Gasteiger partial charge in [0, 0.05) is 34.4 Å². The molecule has 0 aliphatic carbocycles. The Kier molecular flexibility index (Phi) is 7.31. The monoisotopic (exact) mass is 568 g/mol. The Balaban J connectivity index is 1.47. The number of nitrogens with two attached hydrogens (primary N) is 1. The molecule has 1 atom stereocenters. The molecule has 0 radical (unpaired) electrons. The highest BCUT2D eigenvalue weighted by atomic mass is 127.